The van der Waals surface area contributed by atoms with Crippen LogP contribution in [0.3, 0.4) is 0 Å². The molecule has 1 heterocycles. The van der Waals surface area contributed by atoms with E-state index in [1.54, 1.807) is 17.5 Å². The molecule has 1 amide bonds. The third-order valence-electron chi connectivity index (χ3n) is 2.78. The van der Waals surface area contributed by atoms with Crippen molar-refractivity contribution >= 4 is 28.9 Å². The van der Waals surface area contributed by atoms with Gasteiger partial charge in [0, 0.05) is 23.2 Å². The summed E-state index contributed by atoms with van der Waals surface area (Å²) in [6.07, 6.45) is 0.624. The summed E-state index contributed by atoms with van der Waals surface area (Å²) >= 11 is 1.21. The SMILES string of the molecule is O=C(CCCOc1cccc(F)c1)Nc1cscc1C(=O)O. The van der Waals surface area contributed by atoms with Gasteiger partial charge in [-0.2, -0.15) is 0 Å². The fraction of sp³-hybridized carbons (Fsp3) is 0.200. The first-order valence-electron chi connectivity index (χ1n) is 6.54. The number of carboxylic acids is 1. The predicted molar refractivity (Wildman–Crippen MR) is 81.0 cm³/mol. The maximum absolute atomic E-state index is 12.9. The third kappa shape index (κ3) is 4.56. The Hall–Kier alpha value is -2.41. The van der Waals surface area contributed by atoms with Gasteiger partial charge in [-0.05, 0) is 18.6 Å². The molecule has 0 spiro atoms. The van der Waals surface area contributed by atoms with Crippen LogP contribution in [0.4, 0.5) is 10.1 Å². The van der Waals surface area contributed by atoms with Crippen LogP contribution in [0.15, 0.2) is 35.0 Å². The number of carbonyl (C=O) groups excluding carboxylic acids is 1. The van der Waals surface area contributed by atoms with Gasteiger partial charge in [0.2, 0.25) is 5.91 Å². The van der Waals surface area contributed by atoms with Gasteiger partial charge in [0.15, 0.2) is 0 Å². The van der Waals surface area contributed by atoms with E-state index in [4.69, 9.17) is 9.84 Å². The molecular formula is C15H14FNO4S. The van der Waals surface area contributed by atoms with Crippen molar-refractivity contribution in [3.63, 3.8) is 0 Å². The fourth-order valence-corrected chi connectivity index (χ4v) is 2.51. The zero-order valence-electron chi connectivity index (χ0n) is 11.5. The van der Waals surface area contributed by atoms with Crippen LogP contribution < -0.4 is 10.1 Å². The maximum Gasteiger partial charge on any atom is 0.338 e. The van der Waals surface area contributed by atoms with Crippen molar-refractivity contribution in [2.24, 2.45) is 0 Å². The van der Waals surface area contributed by atoms with Crippen molar-refractivity contribution in [3.8, 4) is 5.75 Å². The molecule has 2 rings (SSSR count). The lowest BCUT2D eigenvalue weighted by Gasteiger charge is -2.07. The molecule has 1 aromatic heterocycles. The van der Waals surface area contributed by atoms with Gasteiger partial charge >= 0.3 is 5.97 Å². The number of halogens is 1. The highest BCUT2D eigenvalue weighted by molar-refractivity contribution is 7.08. The molecule has 0 saturated carbocycles. The topological polar surface area (TPSA) is 75.6 Å². The number of amides is 1. The molecule has 0 aliphatic heterocycles. The van der Waals surface area contributed by atoms with Crippen molar-refractivity contribution in [2.45, 2.75) is 12.8 Å². The Labute approximate surface area is 130 Å². The van der Waals surface area contributed by atoms with E-state index in [0.717, 1.165) is 0 Å². The number of hydrogen-bond acceptors (Lipinski definition) is 4. The van der Waals surface area contributed by atoms with E-state index >= 15 is 0 Å². The van der Waals surface area contributed by atoms with Gasteiger partial charge < -0.3 is 15.2 Å². The third-order valence-corrected chi connectivity index (χ3v) is 3.52. The number of nitrogens with one attached hydrogen (secondary N) is 1. The normalized spacial score (nSPS) is 10.2. The molecule has 1 aromatic carbocycles. The highest BCUT2D eigenvalue weighted by atomic mass is 32.1. The van der Waals surface area contributed by atoms with E-state index in [2.05, 4.69) is 5.32 Å². The van der Waals surface area contributed by atoms with E-state index in [1.165, 1.54) is 28.8 Å². The lowest BCUT2D eigenvalue weighted by molar-refractivity contribution is -0.116. The minimum atomic E-state index is -1.08. The number of ether oxygens (including phenoxy) is 1. The molecule has 116 valence electrons. The minimum absolute atomic E-state index is 0.0781. The maximum atomic E-state index is 12.9. The van der Waals surface area contributed by atoms with Gasteiger partial charge in [0.1, 0.15) is 11.6 Å². The number of hydrogen-bond donors (Lipinski definition) is 2. The van der Waals surface area contributed by atoms with E-state index in [1.807, 2.05) is 0 Å². The van der Waals surface area contributed by atoms with Crippen molar-refractivity contribution in [1.82, 2.24) is 0 Å². The summed E-state index contributed by atoms with van der Waals surface area (Å²) in [4.78, 5) is 22.6. The molecule has 0 atom stereocenters. The standard InChI is InChI=1S/C15H14FNO4S/c16-10-3-1-4-11(7-10)21-6-2-5-14(18)17-13-9-22-8-12(13)15(19)20/h1,3-4,7-9H,2,5-6H2,(H,17,18)(H,19,20). The van der Waals surface area contributed by atoms with Crippen LogP contribution in [0.5, 0.6) is 5.75 Å². The number of benzene rings is 1. The second kappa shape index (κ2) is 7.56. The van der Waals surface area contributed by atoms with Gasteiger partial charge in [-0.1, -0.05) is 6.07 Å². The first-order chi connectivity index (χ1) is 10.6. The molecule has 5 nitrogen and oxygen atoms in total. The summed E-state index contributed by atoms with van der Waals surface area (Å²) in [5, 5.41) is 14.5. The van der Waals surface area contributed by atoms with Crippen molar-refractivity contribution in [2.75, 3.05) is 11.9 Å². The van der Waals surface area contributed by atoms with E-state index in [-0.39, 0.29) is 30.3 Å². The largest absolute Gasteiger partial charge is 0.493 e. The molecule has 2 aromatic rings. The van der Waals surface area contributed by atoms with Crippen molar-refractivity contribution < 1.29 is 23.8 Å². The molecule has 0 aliphatic rings. The zero-order valence-corrected chi connectivity index (χ0v) is 12.4. The quantitative estimate of drug-likeness (QED) is 0.766. The zero-order chi connectivity index (χ0) is 15.9. The van der Waals surface area contributed by atoms with Crippen LogP contribution in [0.25, 0.3) is 0 Å². The number of rotatable bonds is 7. The van der Waals surface area contributed by atoms with Crippen LogP contribution in [0, 0.1) is 5.82 Å². The molecule has 0 fully saturated rings. The number of carboxylic acid groups (broad SMARTS) is 1. The molecule has 0 unspecified atom stereocenters. The molecule has 7 heteroatoms. The summed E-state index contributed by atoms with van der Waals surface area (Å²) in [6, 6.07) is 5.76. The van der Waals surface area contributed by atoms with Crippen LogP contribution >= 0.6 is 11.3 Å². The monoisotopic (exact) mass is 323 g/mol. The Kier molecular flexibility index (Phi) is 5.48. The molecule has 0 bridgehead atoms. The summed E-state index contributed by atoms with van der Waals surface area (Å²) in [5.74, 6) is -1.34. The van der Waals surface area contributed by atoms with Crippen LogP contribution in [-0.2, 0) is 4.79 Å². The molecule has 22 heavy (non-hydrogen) atoms. The molecule has 2 N–H and O–H groups in total. The van der Waals surface area contributed by atoms with Crippen LogP contribution in [0.1, 0.15) is 23.2 Å². The van der Waals surface area contributed by atoms with Gasteiger partial charge in [0.25, 0.3) is 0 Å². The lowest BCUT2D eigenvalue weighted by atomic mass is 10.2. The molecular weight excluding hydrogens is 309 g/mol. The summed E-state index contributed by atoms with van der Waals surface area (Å²) in [6.45, 7) is 0.270. The fourth-order valence-electron chi connectivity index (χ4n) is 1.75. The van der Waals surface area contributed by atoms with E-state index in [9.17, 15) is 14.0 Å². The highest BCUT2D eigenvalue weighted by Crippen LogP contribution is 2.21. The Morgan fingerprint density at radius 3 is 2.86 bits per heavy atom. The average molecular weight is 323 g/mol. The van der Waals surface area contributed by atoms with E-state index in [0.29, 0.717) is 17.9 Å². The van der Waals surface area contributed by atoms with Gasteiger partial charge in [-0.15, -0.1) is 11.3 Å². The summed E-state index contributed by atoms with van der Waals surface area (Å²) in [7, 11) is 0. The number of thiophene rings is 1. The summed E-state index contributed by atoms with van der Waals surface area (Å²) < 4.78 is 18.3. The second-order valence-electron chi connectivity index (χ2n) is 4.46. The van der Waals surface area contributed by atoms with Gasteiger partial charge in [-0.3, -0.25) is 4.79 Å². The Balaban J connectivity index is 1.74. The van der Waals surface area contributed by atoms with Crippen molar-refractivity contribution in [1.29, 1.82) is 0 Å². The first-order valence-corrected chi connectivity index (χ1v) is 7.48. The Morgan fingerprint density at radius 1 is 1.32 bits per heavy atom. The van der Waals surface area contributed by atoms with Crippen molar-refractivity contribution in [3.05, 3.63) is 46.4 Å². The molecule has 0 saturated heterocycles. The first kappa shape index (κ1) is 16.0. The van der Waals surface area contributed by atoms with Gasteiger partial charge in [0.05, 0.1) is 17.9 Å². The highest BCUT2D eigenvalue weighted by Gasteiger charge is 2.13. The lowest BCUT2D eigenvalue weighted by Crippen LogP contribution is -2.14. The predicted octanol–water partition coefficient (Wildman–Crippen LogP) is 3.38. The van der Waals surface area contributed by atoms with Gasteiger partial charge in [-0.25, -0.2) is 9.18 Å². The smallest absolute Gasteiger partial charge is 0.338 e. The number of carbonyl (C=O) groups is 2. The molecule has 0 radical (unpaired) electrons. The summed E-state index contributed by atoms with van der Waals surface area (Å²) in [5.41, 5.74) is 0.378. The minimum Gasteiger partial charge on any atom is -0.493 e. The van der Waals surface area contributed by atoms with Crippen LogP contribution in [-0.4, -0.2) is 23.6 Å². The van der Waals surface area contributed by atoms with Crippen LogP contribution in [0.2, 0.25) is 0 Å². The number of anilines is 1. The second-order valence-corrected chi connectivity index (χ2v) is 5.21. The average Bonchev–Trinajstić information content (AvgIpc) is 2.92. The Bertz CT molecular complexity index is 671. The Morgan fingerprint density at radius 2 is 2.14 bits per heavy atom. The van der Waals surface area contributed by atoms with E-state index < -0.39 is 5.97 Å². The molecule has 0 aliphatic carbocycles. The number of aromatic carboxylic acids is 1.